The van der Waals surface area contributed by atoms with E-state index in [4.69, 9.17) is 10.5 Å². The standard InChI is InChI=1S/C19H21FN2O2/c1-11-4-5-12(20)8-14(11)18(23)22-16-10-19(2,3)24-17-7-6-13(21)9-15(16)17/h4-9,16H,10,21H2,1-3H3,(H,22,23). The molecule has 24 heavy (non-hydrogen) atoms. The van der Waals surface area contributed by atoms with Crippen LogP contribution < -0.4 is 15.8 Å². The van der Waals surface area contributed by atoms with Gasteiger partial charge in [-0.05, 0) is 56.7 Å². The third kappa shape index (κ3) is 3.20. The number of carbonyl (C=O) groups is 1. The molecule has 1 atom stereocenters. The number of benzene rings is 2. The minimum Gasteiger partial charge on any atom is -0.487 e. The summed E-state index contributed by atoms with van der Waals surface area (Å²) in [5, 5.41) is 3.00. The summed E-state index contributed by atoms with van der Waals surface area (Å²) < 4.78 is 19.5. The SMILES string of the molecule is Cc1ccc(F)cc1C(=O)NC1CC(C)(C)Oc2ccc(N)cc21. The summed E-state index contributed by atoms with van der Waals surface area (Å²) in [6.45, 7) is 5.73. The number of hydrogen-bond donors (Lipinski definition) is 2. The zero-order chi connectivity index (χ0) is 17.5. The molecule has 0 radical (unpaired) electrons. The molecule has 0 bridgehead atoms. The van der Waals surface area contributed by atoms with Crippen LogP contribution in [-0.4, -0.2) is 11.5 Å². The maximum absolute atomic E-state index is 13.5. The molecular formula is C19H21FN2O2. The van der Waals surface area contributed by atoms with Crippen molar-refractivity contribution in [1.82, 2.24) is 5.32 Å². The Morgan fingerprint density at radius 2 is 2.04 bits per heavy atom. The van der Waals surface area contributed by atoms with E-state index < -0.39 is 11.4 Å². The number of fused-ring (bicyclic) bond motifs is 1. The van der Waals surface area contributed by atoms with Gasteiger partial charge in [0.25, 0.3) is 5.91 Å². The van der Waals surface area contributed by atoms with Crippen molar-refractivity contribution in [3.05, 3.63) is 58.9 Å². The summed E-state index contributed by atoms with van der Waals surface area (Å²) >= 11 is 0. The molecule has 1 aliphatic heterocycles. The molecule has 126 valence electrons. The van der Waals surface area contributed by atoms with E-state index >= 15 is 0 Å². The molecule has 1 heterocycles. The predicted octanol–water partition coefficient (Wildman–Crippen LogP) is 3.75. The van der Waals surface area contributed by atoms with Crippen LogP contribution in [0, 0.1) is 12.7 Å². The summed E-state index contributed by atoms with van der Waals surface area (Å²) in [5.41, 5.74) is 7.98. The van der Waals surface area contributed by atoms with Gasteiger partial charge in [0.1, 0.15) is 17.2 Å². The van der Waals surface area contributed by atoms with E-state index in [2.05, 4.69) is 5.32 Å². The highest BCUT2D eigenvalue weighted by Gasteiger charge is 2.35. The first-order chi connectivity index (χ1) is 11.2. The Morgan fingerprint density at radius 3 is 2.79 bits per heavy atom. The number of nitrogen functional groups attached to an aromatic ring is 1. The summed E-state index contributed by atoms with van der Waals surface area (Å²) in [6.07, 6.45) is 0.601. The summed E-state index contributed by atoms with van der Waals surface area (Å²) in [4.78, 5) is 12.6. The van der Waals surface area contributed by atoms with Gasteiger partial charge in [0.2, 0.25) is 0 Å². The first-order valence-corrected chi connectivity index (χ1v) is 7.91. The van der Waals surface area contributed by atoms with Gasteiger partial charge >= 0.3 is 0 Å². The van der Waals surface area contributed by atoms with E-state index in [1.54, 1.807) is 19.1 Å². The van der Waals surface area contributed by atoms with Crippen LogP contribution in [0.4, 0.5) is 10.1 Å². The van der Waals surface area contributed by atoms with Crippen molar-refractivity contribution >= 4 is 11.6 Å². The van der Waals surface area contributed by atoms with E-state index in [0.29, 0.717) is 23.4 Å². The highest BCUT2D eigenvalue weighted by molar-refractivity contribution is 5.96. The first-order valence-electron chi connectivity index (χ1n) is 7.91. The number of nitrogens with two attached hydrogens (primary N) is 1. The van der Waals surface area contributed by atoms with Crippen LogP contribution in [0.2, 0.25) is 0 Å². The highest BCUT2D eigenvalue weighted by atomic mass is 19.1. The van der Waals surface area contributed by atoms with Crippen LogP contribution in [0.3, 0.4) is 0 Å². The molecule has 1 unspecified atom stereocenters. The van der Waals surface area contributed by atoms with Crippen molar-refractivity contribution in [2.45, 2.75) is 38.8 Å². The molecule has 0 aliphatic carbocycles. The van der Waals surface area contributed by atoms with Crippen molar-refractivity contribution in [2.75, 3.05) is 5.73 Å². The Morgan fingerprint density at radius 1 is 1.29 bits per heavy atom. The number of hydrogen-bond acceptors (Lipinski definition) is 3. The van der Waals surface area contributed by atoms with E-state index in [1.165, 1.54) is 12.1 Å². The van der Waals surface area contributed by atoms with Crippen LogP contribution in [0.5, 0.6) is 5.75 Å². The first kappa shape index (κ1) is 16.3. The lowest BCUT2D eigenvalue weighted by molar-refractivity contribution is 0.0620. The molecule has 0 saturated heterocycles. The van der Waals surface area contributed by atoms with E-state index in [9.17, 15) is 9.18 Å². The van der Waals surface area contributed by atoms with Gasteiger partial charge in [-0.15, -0.1) is 0 Å². The van der Waals surface area contributed by atoms with Gasteiger partial charge in [-0.3, -0.25) is 4.79 Å². The molecule has 0 aromatic heterocycles. The largest absolute Gasteiger partial charge is 0.487 e. The average molecular weight is 328 g/mol. The van der Waals surface area contributed by atoms with Crippen LogP contribution in [0.25, 0.3) is 0 Å². The second kappa shape index (κ2) is 5.82. The lowest BCUT2D eigenvalue weighted by Gasteiger charge is -2.38. The van der Waals surface area contributed by atoms with Gasteiger partial charge < -0.3 is 15.8 Å². The number of rotatable bonds is 2. The number of nitrogens with one attached hydrogen (secondary N) is 1. The zero-order valence-corrected chi connectivity index (χ0v) is 14.0. The molecule has 0 saturated carbocycles. The molecule has 2 aromatic carbocycles. The van der Waals surface area contributed by atoms with Crippen molar-refractivity contribution in [3.63, 3.8) is 0 Å². The zero-order valence-electron chi connectivity index (χ0n) is 14.0. The number of anilines is 1. The highest BCUT2D eigenvalue weighted by Crippen LogP contribution is 2.40. The topological polar surface area (TPSA) is 64.3 Å². The fourth-order valence-corrected chi connectivity index (χ4v) is 3.08. The van der Waals surface area contributed by atoms with Gasteiger partial charge in [0.15, 0.2) is 0 Å². The molecule has 3 rings (SSSR count). The van der Waals surface area contributed by atoms with Gasteiger partial charge in [-0.25, -0.2) is 4.39 Å². The van der Waals surface area contributed by atoms with Gasteiger partial charge in [0.05, 0.1) is 6.04 Å². The Kier molecular flexibility index (Phi) is 3.95. The van der Waals surface area contributed by atoms with E-state index in [1.807, 2.05) is 26.0 Å². The third-order valence-corrected chi connectivity index (χ3v) is 4.24. The fourth-order valence-electron chi connectivity index (χ4n) is 3.08. The molecule has 2 aromatic rings. The lowest BCUT2D eigenvalue weighted by atomic mass is 9.89. The van der Waals surface area contributed by atoms with Crippen molar-refractivity contribution in [2.24, 2.45) is 0 Å². The Bertz CT molecular complexity index is 802. The molecule has 1 amide bonds. The molecule has 3 N–H and O–H groups in total. The quantitative estimate of drug-likeness (QED) is 0.825. The van der Waals surface area contributed by atoms with Gasteiger partial charge in [-0.2, -0.15) is 0 Å². The van der Waals surface area contributed by atoms with Crippen molar-refractivity contribution in [3.8, 4) is 5.75 Å². The minimum atomic E-state index is -0.428. The third-order valence-electron chi connectivity index (χ3n) is 4.24. The maximum atomic E-state index is 13.5. The van der Waals surface area contributed by atoms with Crippen molar-refractivity contribution < 1.29 is 13.9 Å². The number of halogens is 1. The van der Waals surface area contributed by atoms with Crippen LogP contribution in [0.15, 0.2) is 36.4 Å². The Balaban J connectivity index is 1.93. The fraction of sp³-hybridized carbons (Fsp3) is 0.316. The molecule has 0 fully saturated rings. The molecule has 4 nitrogen and oxygen atoms in total. The van der Waals surface area contributed by atoms with E-state index in [-0.39, 0.29) is 11.9 Å². The summed E-state index contributed by atoms with van der Waals surface area (Å²) in [6, 6.07) is 9.36. The predicted molar refractivity (Wildman–Crippen MR) is 91.5 cm³/mol. The monoisotopic (exact) mass is 328 g/mol. The van der Waals surface area contributed by atoms with Crippen LogP contribution in [0.1, 0.15) is 47.8 Å². The van der Waals surface area contributed by atoms with Gasteiger partial charge in [-0.1, -0.05) is 6.07 Å². The second-order valence-corrected chi connectivity index (χ2v) is 6.85. The smallest absolute Gasteiger partial charge is 0.252 e. The number of aryl methyl sites for hydroxylation is 1. The summed E-state index contributed by atoms with van der Waals surface area (Å²) in [5.74, 6) is -0.0208. The van der Waals surface area contributed by atoms with E-state index in [0.717, 1.165) is 11.1 Å². The Hall–Kier alpha value is -2.56. The normalized spacial score (nSPS) is 18.4. The maximum Gasteiger partial charge on any atom is 0.252 e. The Labute approximate surface area is 140 Å². The number of ether oxygens (including phenoxy) is 1. The van der Waals surface area contributed by atoms with Crippen LogP contribution >= 0.6 is 0 Å². The van der Waals surface area contributed by atoms with Crippen LogP contribution in [-0.2, 0) is 0 Å². The lowest BCUT2D eigenvalue weighted by Crippen LogP contribution is -2.41. The number of amides is 1. The molecular weight excluding hydrogens is 307 g/mol. The average Bonchev–Trinajstić information content (AvgIpc) is 2.49. The van der Waals surface area contributed by atoms with Gasteiger partial charge in [0, 0.05) is 23.2 Å². The molecule has 0 spiro atoms. The molecule has 5 heteroatoms. The van der Waals surface area contributed by atoms with Crippen molar-refractivity contribution in [1.29, 1.82) is 0 Å². The summed E-state index contributed by atoms with van der Waals surface area (Å²) in [7, 11) is 0. The second-order valence-electron chi connectivity index (χ2n) is 6.85. The molecule has 1 aliphatic rings. The number of carbonyl (C=O) groups excluding carboxylic acids is 1. The minimum absolute atomic E-state index is 0.248.